The molecule has 0 aromatic carbocycles. The Morgan fingerprint density at radius 3 is 3.50 bits per heavy atom. The second-order valence-electron chi connectivity index (χ2n) is 1.83. The first-order valence-electron chi connectivity index (χ1n) is 2.57. The molecule has 2 unspecified atom stereocenters. The van der Waals surface area contributed by atoms with Crippen molar-refractivity contribution in [2.24, 2.45) is 4.99 Å². The van der Waals surface area contributed by atoms with E-state index in [-0.39, 0.29) is 0 Å². The minimum absolute atomic E-state index is 0.347. The molecule has 0 saturated heterocycles. The summed E-state index contributed by atoms with van der Waals surface area (Å²) in [5.74, 6) is 0. The quantitative estimate of drug-likeness (QED) is 0.513. The van der Waals surface area contributed by atoms with Gasteiger partial charge >= 0.3 is 0 Å². The molecule has 2 atom stereocenters. The Labute approximate surface area is 52.1 Å². The Balaban J connectivity index is 2.20. The average Bonchev–Trinajstić information content (AvgIpc) is 2.15. The maximum Gasteiger partial charge on any atom is 0.134 e. The first kappa shape index (κ1) is 4.44. The fourth-order valence-corrected chi connectivity index (χ4v) is 1.68. The number of nitrogens with one attached hydrogen (secondary N) is 1. The van der Waals surface area contributed by atoms with Crippen LogP contribution in [0.2, 0.25) is 0 Å². The maximum atomic E-state index is 4.16. The van der Waals surface area contributed by atoms with Gasteiger partial charge in [0.1, 0.15) is 6.17 Å². The number of fused-ring (bicyclic) bond motifs is 1. The molecule has 42 valence electrons. The lowest BCUT2D eigenvalue weighted by Crippen LogP contribution is -2.22. The Bertz CT molecular complexity index is 135. The molecule has 2 rings (SSSR count). The van der Waals surface area contributed by atoms with Gasteiger partial charge in [0, 0.05) is 0 Å². The highest BCUT2D eigenvalue weighted by molar-refractivity contribution is 8.13. The topological polar surface area (TPSA) is 24.4 Å². The van der Waals surface area contributed by atoms with Crippen LogP contribution in [0, 0.1) is 0 Å². The van der Waals surface area contributed by atoms with E-state index in [0.29, 0.717) is 11.4 Å². The van der Waals surface area contributed by atoms with E-state index in [0.717, 1.165) is 0 Å². The number of hydrogen-bond acceptors (Lipinski definition) is 3. The third-order valence-electron chi connectivity index (χ3n) is 1.30. The summed E-state index contributed by atoms with van der Waals surface area (Å²) >= 11 is 1.77. The van der Waals surface area contributed by atoms with Gasteiger partial charge in [0.15, 0.2) is 0 Å². The number of aliphatic imine (C=N–C) groups is 1. The minimum atomic E-state index is 0.347. The van der Waals surface area contributed by atoms with Gasteiger partial charge in [-0.15, -0.1) is 11.8 Å². The van der Waals surface area contributed by atoms with Crippen LogP contribution in [0.25, 0.3) is 0 Å². The van der Waals surface area contributed by atoms with Crippen molar-refractivity contribution in [3.05, 3.63) is 12.3 Å². The number of thioether (sulfide) groups is 1. The van der Waals surface area contributed by atoms with Crippen molar-refractivity contribution in [2.75, 3.05) is 0 Å². The summed E-state index contributed by atoms with van der Waals surface area (Å²) in [4.78, 5) is 4.16. The SMILES string of the molecule is C1=CC2SC=NC2N1. The van der Waals surface area contributed by atoms with Crippen LogP contribution in [0.3, 0.4) is 0 Å². The Morgan fingerprint density at radius 1 is 1.62 bits per heavy atom. The zero-order valence-electron chi connectivity index (χ0n) is 4.24. The molecule has 0 amide bonds. The van der Waals surface area contributed by atoms with Crippen LogP contribution in [-0.4, -0.2) is 17.0 Å². The molecule has 8 heavy (non-hydrogen) atoms. The summed E-state index contributed by atoms with van der Waals surface area (Å²) in [5, 5.41) is 3.70. The summed E-state index contributed by atoms with van der Waals surface area (Å²) in [6, 6.07) is 0. The number of hydrogen-bond donors (Lipinski definition) is 1. The summed E-state index contributed by atoms with van der Waals surface area (Å²) in [6.45, 7) is 0. The lowest BCUT2D eigenvalue weighted by atomic mass is 10.4. The van der Waals surface area contributed by atoms with Crippen molar-refractivity contribution in [3.63, 3.8) is 0 Å². The van der Waals surface area contributed by atoms with Crippen molar-refractivity contribution in [2.45, 2.75) is 11.4 Å². The molecule has 2 nitrogen and oxygen atoms in total. The zero-order chi connectivity index (χ0) is 5.40. The summed E-state index contributed by atoms with van der Waals surface area (Å²) < 4.78 is 0. The van der Waals surface area contributed by atoms with Crippen molar-refractivity contribution in [3.8, 4) is 0 Å². The number of nitrogens with zero attached hydrogens (tertiary/aromatic N) is 1. The van der Waals surface area contributed by atoms with Crippen LogP contribution in [0.4, 0.5) is 0 Å². The van der Waals surface area contributed by atoms with Crippen molar-refractivity contribution < 1.29 is 0 Å². The molecule has 0 radical (unpaired) electrons. The van der Waals surface area contributed by atoms with E-state index in [9.17, 15) is 0 Å². The molecule has 3 heteroatoms. The molecule has 2 aliphatic heterocycles. The Morgan fingerprint density at radius 2 is 2.62 bits per heavy atom. The van der Waals surface area contributed by atoms with Gasteiger partial charge in [-0.1, -0.05) is 6.08 Å². The van der Waals surface area contributed by atoms with Gasteiger partial charge < -0.3 is 5.32 Å². The van der Waals surface area contributed by atoms with Gasteiger partial charge in [-0.2, -0.15) is 0 Å². The third-order valence-corrected chi connectivity index (χ3v) is 2.28. The highest BCUT2D eigenvalue weighted by atomic mass is 32.2. The Kier molecular flexibility index (Phi) is 0.842. The van der Waals surface area contributed by atoms with Crippen LogP contribution in [0.15, 0.2) is 17.3 Å². The molecular weight excluding hydrogens is 120 g/mol. The van der Waals surface area contributed by atoms with Gasteiger partial charge in [-0.05, 0) is 6.20 Å². The fourth-order valence-electron chi connectivity index (χ4n) is 0.868. The van der Waals surface area contributed by atoms with Crippen LogP contribution < -0.4 is 5.32 Å². The van der Waals surface area contributed by atoms with E-state index in [1.807, 2.05) is 11.7 Å². The largest absolute Gasteiger partial charge is 0.369 e. The average molecular weight is 126 g/mol. The smallest absolute Gasteiger partial charge is 0.134 e. The van der Waals surface area contributed by atoms with Crippen LogP contribution in [0.5, 0.6) is 0 Å². The second-order valence-corrected chi connectivity index (χ2v) is 2.85. The minimum Gasteiger partial charge on any atom is -0.369 e. The molecule has 0 bridgehead atoms. The lowest BCUT2D eigenvalue weighted by molar-refractivity contribution is 0.683. The molecule has 0 saturated carbocycles. The summed E-state index contributed by atoms with van der Waals surface area (Å²) in [6.07, 6.45) is 4.46. The molecule has 0 aromatic heterocycles. The van der Waals surface area contributed by atoms with E-state index in [1.54, 1.807) is 11.8 Å². The van der Waals surface area contributed by atoms with Gasteiger partial charge in [0.2, 0.25) is 0 Å². The van der Waals surface area contributed by atoms with Crippen LogP contribution in [0.1, 0.15) is 0 Å². The molecule has 0 spiro atoms. The molecule has 0 fully saturated rings. The summed E-state index contributed by atoms with van der Waals surface area (Å²) in [5.41, 5.74) is 1.91. The van der Waals surface area contributed by atoms with Crippen molar-refractivity contribution in [1.82, 2.24) is 5.32 Å². The normalized spacial score (nSPS) is 40.0. The van der Waals surface area contributed by atoms with E-state index in [4.69, 9.17) is 0 Å². The maximum absolute atomic E-state index is 4.16. The van der Waals surface area contributed by atoms with Crippen LogP contribution >= 0.6 is 11.8 Å². The summed E-state index contributed by atoms with van der Waals surface area (Å²) in [7, 11) is 0. The van der Waals surface area contributed by atoms with Crippen LogP contribution in [-0.2, 0) is 0 Å². The molecule has 0 aliphatic carbocycles. The van der Waals surface area contributed by atoms with E-state index >= 15 is 0 Å². The van der Waals surface area contributed by atoms with Gasteiger partial charge in [-0.25, -0.2) is 0 Å². The first-order chi connectivity index (χ1) is 3.97. The third kappa shape index (κ3) is 0.478. The van der Waals surface area contributed by atoms with Crippen molar-refractivity contribution >= 4 is 17.3 Å². The lowest BCUT2D eigenvalue weighted by Gasteiger charge is -2.03. The van der Waals surface area contributed by atoms with Gasteiger partial charge in [-0.3, -0.25) is 4.99 Å². The second kappa shape index (κ2) is 1.52. The standard InChI is InChI=1S/C5H6N2S/c1-2-6-5-4(1)8-3-7-5/h1-6H. The van der Waals surface area contributed by atoms with Crippen molar-refractivity contribution in [1.29, 1.82) is 0 Å². The molecule has 1 N–H and O–H groups in total. The fraction of sp³-hybridized carbons (Fsp3) is 0.400. The zero-order valence-corrected chi connectivity index (χ0v) is 5.06. The van der Waals surface area contributed by atoms with E-state index in [1.165, 1.54) is 0 Å². The van der Waals surface area contributed by atoms with E-state index < -0.39 is 0 Å². The Hall–Kier alpha value is -0.440. The predicted molar refractivity (Wildman–Crippen MR) is 35.9 cm³/mol. The predicted octanol–water partition coefficient (Wildman–Crippen LogP) is 0.573. The first-order valence-corrected chi connectivity index (χ1v) is 3.51. The van der Waals surface area contributed by atoms with E-state index in [2.05, 4.69) is 16.4 Å². The molecule has 0 aromatic rings. The van der Waals surface area contributed by atoms with Gasteiger partial charge in [0.05, 0.1) is 10.8 Å². The number of rotatable bonds is 0. The monoisotopic (exact) mass is 126 g/mol. The van der Waals surface area contributed by atoms with Gasteiger partial charge in [0.25, 0.3) is 0 Å². The molecular formula is C5H6N2S. The highest BCUT2D eigenvalue weighted by Crippen LogP contribution is 2.24. The molecule has 2 heterocycles. The highest BCUT2D eigenvalue weighted by Gasteiger charge is 2.24. The molecule has 2 aliphatic rings.